The first kappa shape index (κ1) is 11.5. The molecule has 1 fully saturated rings. The van der Waals surface area contributed by atoms with E-state index in [2.05, 4.69) is 13.0 Å². The van der Waals surface area contributed by atoms with Crippen molar-refractivity contribution < 1.29 is 5.11 Å². The van der Waals surface area contributed by atoms with Gasteiger partial charge in [-0.15, -0.1) is 23.5 Å². The zero-order valence-corrected chi connectivity index (χ0v) is 9.96. The molecule has 1 rings (SSSR count). The van der Waals surface area contributed by atoms with Crippen molar-refractivity contribution in [3.8, 4) is 0 Å². The van der Waals surface area contributed by atoms with Crippen LogP contribution in [0.5, 0.6) is 0 Å². The molecule has 0 bridgehead atoms. The molecule has 1 heterocycles. The molecule has 0 aromatic rings. The van der Waals surface area contributed by atoms with Crippen molar-refractivity contribution in [1.82, 2.24) is 0 Å². The van der Waals surface area contributed by atoms with E-state index in [1.807, 2.05) is 30.4 Å². The minimum absolute atomic E-state index is 0.171. The fourth-order valence-electron chi connectivity index (χ4n) is 1.24. The monoisotopic (exact) mass is 218 g/mol. The molecule has 1 nitrogen and oxygen atoms in total. The minimum Gasteiger partial charge on any atom is -0.393 e. The smallest absolute Gasteiger partial charge is 0.0598 e. The normalized spacial score (nSPS) is 22.5. The largest absolute Gasteiger partial charge is 0.393 e. The van der Waals surface area contributed by atoms with Gasteiger partial charge in [0.25, 0.3) is 0 Å². The first-order valence-corrected chi connectivity index (χ1v) is 6.86. The van der Waals surface area contributed by atoms with E-state index >= 15 is 0 Å². The van der Waals surface area contributed by atoms with Gasteiger partial charge in [0.1, 0.15) is 0 Å². The van der Waals surface area contributed by atoms with Crippen molar-refractivity contribution in [2.75, 3.05) is 11.5 Å². The molecule has 0 amide bonds. The van der Waals surface area contributed by atoms with Gasteiger partial charge in [0.15, 0.2) is 0 Å². The van der Waals surface area contributed by atoms with Crippen LogP contribution in [-0.4, -0.2) is 22.7 Å². The van der Waals surface area contributed by atoms with Crippen molar-refractivity contribution >= 4 is 23.5 Å². The lowest BCUT2D eigenvalue weighted by atomic mass is 10.0. The molecule has 2 unspecified atom stereocenters. The number of rotatable bonds is 3. The Balaban J connectivity index is 2.42. The van der Waals surface area contributed by atoms with E-state index in [0.29, 0.717) is 5.92 Å². The first-order chi connectivity index (χ1) is 6.24. The van der Waals surface area contributed by atoms with Crippen LogP contribution >= 0.6 is 23.5 Å². The highest BCUT2D eigenvalue weighted by Crippen LogP contribution is 2.35. The molecular weight excluding hydrogens is 200 g/mol. The Kier molecular flexibility index (Phi) is 5.29. The van der Waals surface area contributed by atoms with Gasteiger partial charge in [-0.2, -0.15) is 0 Å². The highest BCUT2D eigenvalue weighted by atomic mass is 32.2. The predicted octanol–water partition coefficient (Wildman–Crippen LogP) is 3.10. The third kappa shape index (κ3) is 3.96. The van der Waals surface area contributed by atoms with E-state index in [-0.39, 0.29) is 6.10 Å². The number of hydrogen-bond acceptors (Lipinski definition) is 3. The van der Waals surface area contributed by atoms with Crippen LogP contribution in [0.3, 0.4) is 0 Å². The Morgan fingerprint density at radius 2 is 2.08 bits per heavy atom. The van der Waals surface area contributed by atoms with Crippen molar-refractivity contribution in [2.45, 2.75) is 32.8 Å². The second-order valence-corrected chi connectivity index (χ2v) is 5.90. The standard InChI is InChI=1S/C10H18OS2/c1-3-9(11)8(2)7-10-12-5-4-6-13-10/h7-9,11H,3-6H2,1-2H3. The van der Waals surface area contributed by atoms with Crippen LogP contribution in [0.25, 0.3) is 0 Å². The highest BCUT2D eigenvalue weighted by Gasteiger charge is 2.12. The summed E-state index contributed by atoms with van der Waals surface area (Å²) < 4.78 is 1.41. The molecule has 1 aliphatic heterocycles. The van der Waals surface area contributed by atoms with Gasteiger partial charge >= 0.3 is 0 Å². The molecule has 0 saturated carbocycles. The second-order valence-electron chi connectivity index (χ2n) is 3.37. The van der Waals surface area contributed by atoms with Gasteiger partial charge in [-0.25, -0.2) is 0 Å². The Morgan fingerprint density at radius 1 is 1.46 bits per heavy atom. The topological polar surface area (TPSA) is 20.2 Å². The van der Waals surface area contributed by atoms with Gasteiger partial charge in [0.05, 0.1) is 6.10 Å². The molecule has 1 saturated heterocycles. The Hall–Kier alpha value is 0.400. The maximum Gasteiger partial charge on any atom is 0.0598 e. The minimum atomic E-state index is -0.171. The number of hydrogen-bond donors (Lipinski definition) is 1. The molecule has 0 aromatic heterocycles. The fraction of sp³-hybridized carbons (Fsp3) is 0.800. The lowest BCUT2D eigenvalue weighted by molar-refractivity contribution is 0.134. The summed E-state index contributed by atoms with van der Waals surface area (Å²) in [7, 11) is 0. The van der Waals surface area contributed by atoms with E-state index < -0.39 is 0 Å². The Labute approximate surface area is 89.4 Å². The summed E-state index contributed by atoms with van der Waals surface area (Å²) >= 11 is 3.86. The quantitative estimate of drug-likeness (QED) is 0.786. The molecule has 76 valence electrons. The van der Waals surface area contributed by atoms with Crippen LogP contribution in [-0.2, 0) is 0 Å². The summed E-state index contributed by atoms with van der Waals surface area (Å²) in [5.74, 6) is 2.79. The van der Waals surface area contributed by atoms with Gasteiger partial charge < -0.3 is 5.11 Å². The van der Waals surface area contributed by atoms with E-state index in [9.17, 15) is 5.11 Å². The fourth-order valence-corrected chi connectivity index (χ4v) is 3.86. The van der Waals surface area contributed by atoms with Crippen LogP contribution < -0.4 is 0 Å². The number of thioether (sulfide) groups is 2. The summed E-state index contributed by atoms with van der Waals surface area (Å²) in [6.45, 7) is 4.12. The molecule has 1 aliphatic rings. The van der Waals surface area contributed by atoms with E-state index in [1.54, 1.807) is 0 Å². The molecule has 1 N–H and O–H groups in total. The molecule has 2 atom stereocenters. The van der Waals surface area contributed by atoms with Crippen molar-refractivity contribution in [1.29, 1.82) is 0 Å². The van der Waals surface area contributed by atoms with Gasteiger partial charge in [0.2, 0.25) is 0 Å². The Bertz CT molecular complexity index is 172. The summed E-state index contributed by atoms with van der Waals surface area (Å²) in [5.41, 5.74) is 0. The molecule has 13 heavy (non-hydrogen) atoms. The molecular formula is C10H18OS2. The molecule has 0 aromatic carbocycles. The van der Waals surface area contributed by atoms with Crippen LogP contribution in [0.4, 0.5) is 0 Å². The summed E-state index contributed by atoms with van der Waals surface area (Å²) in [5, 5.41) is 9.59. The van der Waals surface area contributed by atoms with Crippen molar-refractivity contribution in [3.05, 3.63) is 10.3 Å². The maximum atomic E-state index is 9.59. The number of aliphatic hydroxyl groups excluding tert-OH is 1. The lowest BCUT2D eigenvalue weighted by Gasteiger charge is -2.17. The SMILES string of the molecule is CCC(O)C(C)C=C1SCCCS1. The van der Waals surface area contributed by atoms with Crippen molar-refractivity contribution in [2.24, 2.45) is 5.92 Å². The van der Waals surface area contributed by atoms with Gasteiger partial charge in [-0.3, -0.25) is 0 Å². The van der Waals surface area contributed by atoms with Gasteiger partial charge in [-0.05, 0) is 24.3 Å². The van der Waals surface area contributed by atoms with Crippen LogP contribution in [0.1, 0.15) is 26.7 Å². The average Bonchev–Trinajstić information content (AvgIpc) is 2.18. The maximum absolute atomic E-state index is 9.59. The zero-order valence-electron chi connectivity index (χ0n) is 8.32. The van der Waals surface area contributed by atoms with Crippen LogP contribution in [0, 0.1) is 5.92 Å². The van der Waals surface area contributed by atoms with Gasteiger partial charge in [0, 0.05) is 10.2 Å². The summed E-state index contributed by atoms with van der Waals surface area (Å²) in [6, 6.07) is 0. The van der Waals surface area contributed by atoms with E-state index in [4.69, 9.17) is 0 Å². The van der Waals surface area contributed by atoms with Crippen LogP contribution in [0.2, 0.25) is 0 Å². The van der Waals surface area contributed by atoms with Crippen molar-refractivity contribution in [3.63, 3.8) is 0 Å². The molecule has 0 spiro atoms. The van der Waals surface area contributed by atoms with E-state index in [0.717, 1.165) is 6.42 Å². The first-order valence-electron chi connectivity index (χ1n) is 4.89. The second kappa shape index (κ2) is 5.99. The highest BCUT2D eigenvalue weighted by molar-refractivity contribution is 8.22. The third-order valence-corrected chi connectivity index (χ3v) is 4.74. The summed E-state index contributed by atoms with van der Waals surface area (Å²) in [4.78, 5) is 0. The predicted molar refractivity (Wildman–Crippen MR) is 63.1 cm³/mol. The molecule has 3 heteroatoms. The van der Waals surface area contributed by atoms with Gasteiger partial charge in [-0.1, -0.05) is 19.9 Å². The van der Waals surface area contributed by atoms with Crippen LogP contribution in [0.15, 0.2) is 10.3 Å². The van der Waals surface area contributed by atoms with E-state index in [1.165, 1.54) is 22.2 Å². The lowest BCUT2D eigenvalue weighted by Crippen LogP contribution is -2.14. The average molecular weight is 218 g/mol. The Morgan fingerprint density at radius 3 is 2.62 bits per heavy atom. The summed E-state index contributed by atoms with van der Waals surface area (Å²) in [6.07, 6.45) is 4.22. The molecule has 0 aliphatic carbocycles. The molecule has 0 radical (unpaired) electrons. The third-order valence-electron chi connectivity index (χ3n) is 2.20. The zero-order chi connectivity index (χ0) is 9.68. The number of aliphatic hydroxyl groups is 1.